The molecule has 238 valence electrons. The summed E-state index contributed by atoms with van der Waals surface area (Å²) in [6, 6.07) is 58.4. The molecule has 0 aliphatic carbocycles. The Balaban J connectivity index is 1.16. The molecule has 0 radical (unpaired) electrons. The number of para-hydroxylation sites is 2. The lowest BCUT2D eigenvalue weighted by molar-refractivity contribution is 0.497. The number of rotatable bonds is 5. The summed E-state index contributed by atoms with van der Waals surface area (Å²) in [5, 5.41) is 6.43. The summed E-state index contributed by atoms with van der Waals surface area (Å²) in [6.45, 7) is 0. The van der Waals surface area contributed by atoms with Gasteiger partial charge in [-0.25, -0.2) is 0 Å². The van der Waals surface area contributed by atoms with Crippen LogP contribution in [0.5, 0.6) is 23.0 Å². The highest BCUT2D eigenvalue weighted by Crippen LogP contribution is 2.56. The molecular formula is C44H28O4P2. The molecule has 50 heavy (non-hydrogen) atoms. The predicted molar refractivity (Wildman–Crippen MR) is 206 cm³/mol. The van der Waals surface area contributed by atoms with Gasteiger partial charge in [0.1, 0.15) is 23.0 Å². The van der Waals surface area contributed by atoms with E-state index in [1.165, 1.54) is 0 Å². The molecule has 0 bridgehead atoms. The maximum Gasteiger partial charge on any atom is 0.326 e. The fourth-order valence-corrected chi connectivity index (χ4v) is 10.0. The van der Waals surface area contributed by atoms with Gasteiger partial charge < -0.3 is 18.1 Å². The molecule has 0 N–H and O–H groups in total. The van der Waals surface area contributed by atoms with Gasteiger partial charge in [-0.05, 0) is 69.1 Å². The molecule has 10 rings (SSSR count). The van der Waals surface area contributed by atoms with Crippen molar-refractivity contribution in [2.75, 3.05) is 0 Å². The van der Waals surface area contributed by atoms with Crippen molar-refractivity contribution in [3.63, 3.8) is 0 Å². The third-order valence-corrected chi connectivity index (χ3v) is 12.3. The maximum absolute atomic E-state index is 7.09. The molecule has 8 aromatic rings. The number of hydrogen-bond donors (Lipinski definition) is 0. The van der Waals surface area contributed by atoms with Gasteiger partial charge in [-0.3, -0.25) is 0 Å². The van der Waals surface area contributed by atoms with Gasteiger partial charge in [0.05, 0.1) is 10.6 Å². The van der Waals surface area contributed by atoms with Crippen LogP contribution in [0.3, 0.4) is 0 Å². The SMILES string of the molecule is c1ccc2c(c1)OP(Oc1ccc3ccccc3c1-c1c(OP3Oc4ccccc4-c4ccccc43)ccc3ccccc13)c1ccccc1-2. The molecule has 6 heteroatoms. The van der Waals surface area contributed by atoms with Gasteiger partial charge in [-0.15, -0.1) is 0 Å². The molecule has 8 aromatic carbocycles. The highest BCUT2D eigenvalue weighted by atomic mass is 31.2. The van der Waals surface area contributed by atoms with Gasteiger partial charge in [0, 0.05) is 22.3 Å². The van der Waals surface area contributed by atoms with Crippen molar-refractivity contribution in [1.82, 2.24) is 0 Å². The third-order valence-electron chi connectivity index (χ3n) is 9.31. The largest absolute Gasteiger partial charge is 0.435 e. The van der Waals surface area contributed by atoms with E-state index in [0.29, 0.717) is 0 Å². The summed E-state index contributed by atoms with van der Waals surface area (Å²) in [7, 11) is -3.01. The lowest BCUT2D eigenvalue weighted by Crippen LogP contribution is -2.17. The number of fused-ring (bicyclic) bond motifs is 8. The van der Waals surface area contributed by atoms with Crippen molar-refractivity contribution >= 4 is 48.9 Å². The minimum absolute atomic E-state index is 0.730. The van der Waals surface area contributed by atoms with Crippen LogP contribution in [-0.2, 0) is 0 Å². The molecule has 0 fully saturated rings. The van der Waals surface area contributed by atoms with Crippen molar-refractivity contribution in [2.24, 2.45) is 0 Å². The second kappa shape index (κ2) is 12.0. The molecular weight excluding hydrogens is 654 g/mol. The summed E-state index contributed by atoms with van der Waals surface area (Å²) in [4.78, 5) is 0. The lowest BCUT2D eigenvalue weighted by Gasteiger charge is -2.29. The van der Waals surface area contributed by atoms with Gasteiger partial charge in [0.25, 0.3) is 0 Å². The molecule has 0 saturated carbocycles. The first-order valence-electron chi connectivity index (χ1n) is 16.5. The van der Waals surface area contributed by atoms with Gasteiger partial charge in [0.2, 0.25) is 0 Å². The monoisotopic (exact) mass is 682 g/mol. The van der Waals surface area contributed by atoms with Crippen molar-refractivity contribution in [3.05, 3.63) is 170 Å². The Morgan fingerprint density at radius 3 is 1.20 bits per heavy atom. The van der Waals surface area contributed by atoms with E-state index in [2.05, 4.69) is 133 Å². The number of hydrogen-bond acceptors (Lipinski definition) is 4. The van der Waals surface area contributed by atoms with Crippen LogP contribution in [0.2, 0.25) is 0 Å². The minimum Gasteiger partial charge on any atom is -0.435 e. The summed E-state index contributed by atoms with van der Waals surface area (Å²) in [5.74, 6) is 3.11. The van der Waals surface area contributed by atoms with Crippen molar-refractivity contribution in [3.8, 4) is 56.4 Å². The molecule has 2 heterocycles. The van der Waals surface area contributed by atoms with E-state index in [9.17, 15) is 0 Å². The molecule has 2 unspecified atom stereocenters. The Morgan fingerprint density at radius 2 is 0.720 bits per heavy atom. The fourth-order valence-electron chi connectivity index (χ4n) is 7.02. The molecule has 0 amide bonds. The van der Waals surface area contributed by atoms with Crippen LogP contribution >= 0.6 is 16.8 Å². The molecule has 0 aromatic heterocycles. The van der Waals surface area contributed by atoms with Crippen molar-refractivity contribution in [1.29, 1.82) is 0 Å². The maximum atomic E-state index is 7.09. The Bertz CT molecular complexity index is 2420. The Labute approximate surface area is 292 Å². The van der Waals surface area contributed by atoms with E-state index < -0.39 is 16.8 Å². The summed E-state index contributed by atoms with van der Waals surface area (Å²) >= 11 is 0. The molecule has 2 aliphatic heterocycles. The normalized spacial score (nSPS) is 15.5. The fraction of sp³-hybridized carbons (Fsp3) is 0. The quantitative estimate of drug-likeness (QED) is 0.169. The van der Waals surface area contributed by atoms with Gasteiger partial charge in [0.15, 0.2) is 0 Å². The van der Waals surface area contributed by atoms with E-state index in [0.717, 1.165) is 88.5 Å². The van der Waals surface area contributed by atoms with E-state index in [1.54, 1.807) is 0 Å². The third kappa shape index (κ3) is 4.83. The van der Waals surface area contributed by atoms with Gasteiger partial charge in [-0.2, -0.15) is 0 Å². The van der Waals surface area contributed by atoms with E-state index in [-0.39, 0.29) is 0 Å². The van der Waals surface area contributed by atoms with Crippen LogP contribution in [0.4, 0.5) is 0 Å². The van der Waals surface area contributed by atoms with Gasteiger partial charge in [-0.1, -0.05) is 133 Å². The van der Waals surface area contributed by atoms with E-state index in [1.807, 2.05) is 36.4 Å². The smallest absolute Gasteiger partial charge is 0.326 e. The van der Waals surface area contributed by atoms with Crippen LogP contribution in [-0.4, -0.2) is 0 Å². The molecule has 0 saturated heterocycles. The Morgan fingerprint density at radius 1 is 0.340 bits per heavy atom. The molecule has 4 nitrogen and oxygen atoms in total. The summed E-state index contributed by atoms with van der Waals surface area (Å²) in [5.41, 5.74) is 6.33. The second-order valence-electron chi connectivity index (χ2n) is 12.2. The summed E-state index contributed by atoms with van der Waals surface area (Å²) in [6.07, 6.45) is 0. The average Bonchev–Trinajstić information content (AvgIpc) is 3.18. The van der Waals surface area contributed by atoms with Crippen LogP contribution in [0.25, 0.3) is 54.9 Å². The average molecular weight is 683 g/mol. The van der Waals surface area contributed by atoms with Crippen LogP contribution < -0.4 is 28.7 Å². The number of benzene rings is 8. The highest BCUT2D eigenvalue weighted by molar-refractivity contribution is 7.57. The lowest BCUT2D eigenvalue weighted by atomic mass is 9.92. The molecule has 2 atom stereocenters. The topological polar surface area (TPSA) is 36.9 Å². The predicted octanol–water partition coefficient (Wildman–Crippen LogP) is 11.8. The van der Waals surface area contributed by atoms with E-state index >= 15 is 0 Å². The van der Waals surface area contributed by atoms with Crippen molar-refractivity contribution < 1.29 is 18.1 Å². The zero-order valence-corrected chi connectivity index (χ0v) is 28.5. The first-order valence-corrected chi connectivity index (χ1v) is 18.9. The first kappa shape index (κ1) is 29.3. The summed E-state index contributed by atoms with van der Waals surface area (Å²) < 4.78 is 27.5. The Kier molecular flexibility index (Phi) is 7.05. The van der Waals surface area contributed by atoms with Crippen molar-refractivity contribution in [2.45, 2.75) is 0 Å². The van der Waals surface area contributed by atoms with Gasteiger partial charge >= 0.3 is 16.8 Å². The molecule has 2 aliphatic rings. The highest BCUT2D eigenvalue weighted by Gasteiger charge is 2.33. The zero-order valence-electron chi connectivity index (χ0n) is 26.7. The van der Waals surface area contributed by atoms with E-state index in [4.69, 9.17) is 18.1 Å². The minimum atomic E-state index is -1.51. The van der Waals surface area contributed by atoms with Crippen LogP contribution in [0.15, 0.2) is 170 Å². The van der Waals surface area contributed by atoms with Crippen LogP contribution in [0.1, 0.15) is 0 Å². The van der Waals surface area contributed by atoms with Crippen LogP contribution in [0, 0.1) is 0 Å². The zero-order chi connectivity index (χ0) is 33.0. The molecule has 0 spiro atoms. The second-order valence-corrected chi connectivity index (χ2v) is 14.9. The Hall–Kier alpha value is -5.66. The first-order chi connectivity index (χ1) is 24.8. The standard InChI is InChI=1S/C44H28O4P2/c1-3-15-31-29(13-1)25-27-39(47-49-41-23-11-7-19-35(41)33-17-5-9-21-37(33)45-49)43(31)44-32-16-4-2-14-30(32)26-28-40(44)48-50-42-24-12-8-20-36(42)34-18-6-10-22-38(34)46-50/h1-28H.